The van der Waals surface area contributed by atoms with Crippen molar-refractivity contribution in [1.29, 1.82) is 0 Å². The zero-order chi connectivity index (χ0) is 29.4. The van der Waals surface area contributed by atoms with Gasteiger partial charge in [0.15, 0.2) is 5.82 Å². The van der Waals surface area contributed by atoms with Crippen LogP contribution in [0.15, 0.2) is 71.9 Å². The maximum atomic E-state index is 12.6. The molecule has 1 amide bonds. The number of nitrogens with zero attached hydrogens (tertiary/aromatic N) is 6. The zero-order valence-electron chi connectivity index (χ0n) is 23.9. The van der Waals surface area contributed by atoms with Crippen LogP contribution in [0.5, 0.6) is 0 Å². The first-order chi connectivity index (χ1) is 21.0. The number of hydrogen-bond acceptors (Lipinski definition) is 10. The summed E-state index contributed by atoms with van der Waals surface area (Å²) in [6.07, 6.45) is 6.50. The van der Waals surface area contributed by atoms with Crippen LogP contribution in [-0.4, -0.2) is 73.7 Å². The second kappa shape index (κ2) is 11.2. The molecule has 7 heterocycles. The number of fused-ring (bicyclic) bond motifs is 4. The lowest BCUT2D eigenvalue weighted by molar-refractivity contribution is 0.0747. The van der Waals surface area contributed by atoms with E-state index in [1.54, 1.807) is 29.3 Å². The molecule has 4 aliphatic rings. The fourth-order valence-corrected chi connectivity index (χ4v) is 6.38. The molecule has 0 radical (unpaired) electrons. The van der Waals surface area contributed by atoms with E-state index in [4.69, 9.17) is 9.51 Å². The molecule has 2 bridgehead atoms. The molecule has 220 valence electrons. The van der Waals surface area contributed by atoms with Crippen LogP contribution in [-0.2, 0) is 12.0 Å². The first kappa shape index (κ1) is 27.2. The molecule has 3 aromatic heterocycles. The van der Waals surface area contributed by atoms with Gasteiger partial charge >= 0.3 is 0 Å². The summed E-state index contributed by atoms with van der Waals surface area (Å²) in [7, 11) is 0. The monoisotopic (exact) mass is 578 g/mol. The van der Waals surface area contributed by atoms with Gasteiger partial charge in [-0.15, -0.1) is 6.58 Å². The summed E-state index contributed by atoms with van der Waals surface area (Å²) >= 11 is 0. The highest BCUT2D eigenvalue weighted by Gasteiger charge is 2.44. The Morgan fingerprint density at radius 2 is 1.84 bits per heavy atom. The van der Waals surface area contributed by atoms with Crippen molar-refractivity contribution in [3.8, 4) is 11.5 Å². The van der Waals surface area contributed by atoms with E-state index in [2.05, 4.69) is 37.2 Å². The number of aliphatic hydroxyl groups is 1. The summed E-state index contributed by atoms with van der Waals surface area (Å²) in [5.74, 6) is 2.21. The lowest BCUT2D eigenvalue weighted by atomic mass is 9.71. The Morgan fingerprint density at radius 1 is 1.05 bits per heavy atom. The number of pyridine rings is 2. The van der Waals surface area contributed by atoms with E-state index < -0.39 is 0 Å². The predicted molar refractivity (Wildman–Crippen MR) is 162 cm³/mol. The highest BCUT2D eigenvalue weighted by molar-refractivity contribution is 5.98. The smallest absolute Gasteiger partial charge is 0.261 e. The summed E-state index contributed by atoms with van der Waals surface area (Å²) in [4.78, 5) is 31.1. The van der Waals surface area contributed by atoms with Gasteiger partial charge < -0.3 is 30.1 Å². The Bertz CT molecular complexity index is 1630. The van der Waals surface area contributed by atoms with Crippen molar-refractivity contribution >= 4 is 23.2 Å². The van der Waals surface area contributed by atoms with E-state index in [-0.39, 0.29) is 24.0 Å². The molecule has 4 aliphatic heterocycles. The van der Waals surface area contributed by atoms with E-state index in [9.17, 15) is 9.90 Å². The van der Waals surface area contributed by atoms with Gasteiger partial charge in [0.25, 0.3) is 11.8 Å². The van der Waals surface area contributed by atoms with Crippen LogP contribution in [0.25, 0.3) is 11.5 Å². The summed E-state index contributed by atoms with van der Waals surface area (Å²) in [5, 5.41) is 21.5. The maximum Gasteiger partial charge on any atom is 0.261 e. The molecule has 0 spiro atoms. The van der Waals surface area contributed by atoms with Crippen LogP contribution in [0, 0.1) is 0 Å². The van der Waals surface area contributed by atoms with E-state index in [0.29, 0.717) is 53.1 Å². The third kappa shape index (κ3) is 5.15. The minimum Gasteiger partial charge on any atom is -0.394 e. The molecule has 0 aliphatic carbocycles. The Morgan fingerprint density at radius 3 is 2.58 bits per heavy atom. The topological polar surface area (TPSA) is 133 Å². The van der Waals surface area contributed by atoms with Crippen molar-refractivity contribution in [2.45, 2.75) is 37.3 Å². The molecule has 1 aromatic carbocycles. The minimum absolute atomic E-state index is 0.0431. The molecule has 8 rings (SSSR count). The highest BCUT2D eigenvalue weighted by atomic mass is 16.5. The Labute approximate surface area is 249 Å². The summed E-state index contributed by atoms with van der Waals surface area (Å²) in [5.41, 5.74) is 3.54. The second-order valence-corrected chi connectivity index (χ2v) is 11.5. The van der Waals surface area contributed by atoms with Crippen molar-refractivity contribution in [1.82, 2.24) is 29.9 Å². The average Bonchev–Trinajstić information content (AvgIpc) is 3.67. The van der Waals surface area contributed by atoms with Crippen LogP contribution >= 0.6 is 0 Å². The fraction of sp³-hybridized carbons (Fsp3) is 0.344. The second-order valence-electron chi connectivity index (χ2n) is 11.5. The number of piperidine rings is 3. The Kier molecular flexibility index (Phi) is 7.12. The van der Waals surface area contributed by atoms with Crippen LogP contribution < -0.4 is 10.6 Å². The van der Waals surface area contributed by atoms with Gasteiger partial charge in [-0.25, -0.2) is 9.97 Å². The number of hydrogen-bond donors (Lipinski definition) is 3. The molecule has 0 saturated carbocycles. The van der Waals surface area contributed by atoms with Crippen molar-refractivity contribution in [3.05, 3.63) is 90.0 Å². The molecule has 11 heteroatoms. The van der Waals surface area contributed by atoms with E-state index in [0.717, 1.165) is 50.3 Å². The van der Waals surface area contributed by atoms with Crippen LogP contribution in [0.4, 0.5) is 17.3 Å². The van der Waals surface area contributed by atoms with Gasteiger partial charge in [-0.2, -0.15) is 4.98 Å². The van der Waals surface area contributed by atoms with Crippen molar-refractivity contribution in [3.63, 3.8) is 0 Å². The third-order valence-electron chi connectivity index (χ3n) is 8.91. The van der Waals surface area contributed by atoms with E-state index >= 15 is 0 Å². The molecule has 4 aromatic rings. The van der Waals surface area contributed by atoms with Crippen LogP contribution in [0.2, 0.25) is 0 Å². The summed E-state index contributed by atoms with van der Waals surface area (Å²) < 4.78 is 5.86. The molecular formula is C32H34N8O3. The molecular weight excluding hydrogens is 544 g/mol. The molecule has 3 saturated heterocycles. The summed E-state index contributed by atoms with van der Waals surface area (Å²) in [6, 6.07) is 14.8. The number of nitrogens with one attached hydrogen (secondary N) is 2. The van der Waals surface area contributed by atoms with Gasteiger partial charge in [0.1, 0.15) is 11.6 Å². The normalized spacial score (nSPS) is 21.5. The zero-order valence-corrected chi connectivity index (χ0v) is 23.9. The number of amides is 1. The number of carbonyl (C=O) groups excluding carboxylic acids is 1. The van der Waals surface area contributed by atoms with Crippen molar-refractivity contribution < 1.29 is 14.4 Å². The van der Waals surface area contributed by atoms with Gasteiger partial charge in [0.2, 0.25) is 0 Å². The molecule has 11 nitrogen and oxygen atoms in total. The van der Waals surface area contributed by atoms with Gasteiger partial charge in [0.05, 0.1) is 41.7 Å². The number of carbonyl (C=O) groups is 1. The van der Waals surface area contributed by atoms with Crippen molar-refractivity contribution in [2.75, 3.05) is 43.4 Å². The Hall–Kier alpha value is -4.61. The van der Waals surface area contributed by atoms with Crippen LogP contribution in [0.1, 0.15) is 52.7 Å². The number of rotatable bonds is 10. The minimum atomic E-state index is -0.376. The van der Waals surface area contributed by atoms with Gasteiger partial charge in [-0.05, 0) is 56.6 Å². The maximum absolute atomic E-state index is 12.6. The molecule has 3 N–H and O–H groups in total. The third-order valence-corrected chi connectivity index (χ3v) is 8.91. The molecule has 3 fully saturated rings. The number of anilines is 3. The fourth-order valence-electron chi connectivity index (χ4n) is 6.38. The average molecular weight is 579 g/mol. The first-order valence-electron chi connectivity index (χ1n) is 14.7. The lowest BCUT2D eigenvalue weighted by Gasteiger charge is -2.46. The first-order valence-corrected chi connectivity index (χ1v) is 14.7. The standard InChI is InChI=1S/C32H34N8O3/c1-2-13-40-19-25-22(30(40)42)8-9-27(35-25)36-28-17-24(34-26(20-41)21-6-4-3-5-7-21)23(18-33-28)29-37-31(38-43-29)32-10-14-39(15-11-32)16-12-32/h2-9,17-18,26,41H,1,10-16,19-20H2,(H2,33,34,35,36). The number of aliphatic hydroxyl groups excluding tert-OH is 1. The van der Waals surface area contributed by atoms with Gasteiger partial charge in [-0.3, -0.25) is 4.79 Å². The predicted octanol–water partition coefficient (Wildman–Crippen LogP) is 4.29. The molecule has 1 atom stereocenters. The van der Waals surface area contributed by atoms with Crippen LogP contribution in [0.3, 0.4) is 0 Å². The van der Waals surface area contributed by atoms with Gasteiger partial charge in [-0.1, -0.05) is 41.6 Å². The van der Waals surface area contributed by atoms with Gasteiger partial charge in [0, 0.05) is 24.2 Å². The lowest BCUT2D eigenvalue weighted by Crippen LogP contribution is -2.51. The summed E-state index contributed by atoms with van der Waals surface area (Å²) in [6.45, 7) is 7.71. The number of aromatic nitrogens is 4. The molecule has 43 heavy (non-hydrogen) atoms. The highest BCUT2D eigenvalue weighted by Crippen LogP contribution is 2.42. The molecule has 1 unspecified atom stereocenters. The Balaban J connectivity index is 1.20. The SMILES string of the molecule is C=CCN1Cc2nc(Nc3cc(NC(CO)c4ccccc4)c(-c4nc(C56CCN(CC5)CC6)no4)cn3)ccc2C1=O. The van der Waals surface area contributed by atoms with Crippen molar-refractivity contribution in [2.24, 2.45) is 0 Å². The quantitative estimate of drug-likeness (QED) is 0.234. The largest absolute Gasteiger partial charge is 0.394 e. The van der Waals surface area contributed by atoms with E-state index in [1.807, 2.05) is 36.4 Å². The number of benzene rings is 1. The van der Waals surface area contributed by atoms with E-state index in [1.165, 1.54) is 0 Å².